The van der Waals surface area contributed by atoms with E-state index in [0.717, 1.165) is 6.07 Å². The number of phenols is 1. The van der Waals surface area contributed by atoms with Crippen LogP contribution in [-0.4, -0.2) is 28.7 Å². The summed E-state index contributed by atoms with van der Waals surface area (Å²) >= 11 is 0. The number of carbonyl (C=O) groups is 4. The number of fused-ring (bicyclic) bond motifs is 4. The normalized spacial score (nSPS) is 29.3. The predicted octanol–water partition coefficient (Wildman–Crippen LogP) is 4.58. The standard InChI is InChI=1S/C32H25FN2O5/c33-24-13-7-12-20(28(24)36)25-19-14-15-21-26(31(39)34(29(21)37)17-8-3-1-4-9-17)22(19)16-23-27(25)32(40)35(30(23)38)18-10-5-2-6-11-18/h1-14,21-23,25-27,36H,15-16H2/t21-,22+,23+,25+,26-,27+/m0/s1. The van der Waals surface area contributed by atoms with Crippen molar-refractivity contribution in [2.75, 3.05) is 9.80 Å². The van der Waals surface area contributed by atoms with Crippen LogP contribution in [0.4, 0.5) is 15.8 Å². The van der Waals surface area contributed by atoms with Gasteiger partial charge in [-0.3, -0.25) is 29.0 Å². The van der Waals surface area contributed by atoms with Crippen LogP contribution in [0.25, 0.3) is 0 Å². The molecule has 4 aliphatic rings. The summed E-state index contributed by atoms with van der Waals surface area (Å²) in [6.07, 6.45) is 2.36. The van der Waals surface area contributed by atoms with Gasteiger partial charge < -0.3 is 5.11 Å². The van der Waals surface area contributed by atoms with E-state index in [0.29, 0.717) is 16.9 Å². The Hall–Kier alpha value is -4.59. The van der Waals surface area contributed by atoms with Gasteiger partial charge in [-0.15, -0.1) is 0 Å². The lowest BCUT2D eigenvalue weighted by atomic mass is 9.57. The van der Waals surface area contributed by atoms with Gasteiger partial charge in [0.05, 0.1) is 35.0 Å². The number of benzene rings is 3. The van der Waals surface area contributed by atoms with Crippen LogP contribution in [0, 0.1) is 35.4 Å². The summed E-state index contributed by atoms with van der Waals surface area (Å²) < 4.78 is 14.6. The van der Waals surface area contributed by atoms with Crippen LogP contribution >= 0.6 is 0 Å². The number of halogens is 1. The van der Waals surface area contributed by atoms with Crippen LogP contribution in [0.1, 0.15) is 24.3 Å². The molecule has 2 aliphatic carbocycles. The van der Waals surface area contributed by atoms with Gasteiger partial charge in [0, 0.05) is 11.5 Å². The smallest absolute Gasteiger partial charge is 0.238 e. The lowest BCUT2D eigenvalue weighted by Crippen LogP contribution is -2.43. The fraction of sp³-hybridized carbons (Fsp3) is 0.250. The maximum atomic E-state index is 14.6. The summed E-state index contributed by atoms with van der Waals surface area (Å²) in [4.78, 5) is 57.6. The largest absolute Gasteiger partial charge is 0.505 e. The van der Waals surface area contributed by atoms with E-state index in [-0.39, 0.29) is 36.1 Å². The second kappa shape index (κ2) is 8.98. The molecule has 4 amide bonds. The monoisotopic (exact) mass is 536 g/mol. The molecule has 2 heterocycles. The number of hydrogen-bond acceptors (Lipinski definition) is 5. The number of phenolic OH excluding ortho intramolecular Hbond substituents is 1. The topological polar surface area (TPSA) is 95.0 Å². The van der Waals surface area contributed by atoms with Gasteiger partial charge in [0.15, 0.2) is 11.6 Å². The number of carbonyl (C=O) groups excluding carboxylic acids is 4. The van der Waals surface area contributed by atoms with Crippen molar-refractivity contribution in [3.63, 3.8) is 0 Å². The van der Waals surface area contributed by atoms with Crippen LogP contribution < -0.4 is 9.80 Å². The van der Waals surface area contributed by atoms with E-state index < -0.39 is 53.0 Å². The molecule has 0 spiro atoms. The van der Waals surface area contributed by atoms with Crippen molar-refractivity contribution in [1.29, 1.82) is 0 Å². The molecule has 6 atom stereocenters. The first-order chi connectivity index (χ1) is 19.4. The Morgan fingerprint density at radius 1 is 0.650 bits per heavy atom. The van der Waals surface area contributed by atoms with Crippen molar-refractivity contribution in [1.82, 2.24) is 0 Å². The van der Waals surface area contributed by atoms with Crippen LogP contribution in [0.15, 0.2) is 90.5 Å². The van der Waals surface area contributed by atoms with Gasteiger partial charge in [-0.25, -0.2) is 4.39 Å². The molecule has 2 aliphatic heterocycles. The van der Waals surface area contributed by atoms with E-state index >= 15 is 0 Å². The molecule has 0 bridgehead atoms. The number of para-hydroxylation sites is 3. The Kier molecular flexibility index (Phi) is 5.49. The maximum absolute atomic E-state index is 14.6. The van der Waals surface area contributed by atoms with E-state index in [1.165, 1.54) is 15.9 Å². The van der Waals surface area contributed by atoms with Crippen molar-refractivity contribution in [2.24, 2.45) is 29.6 Å². The highest BCUT2D eigenvalue weighted by molar-refractivity contribution is 6.24. The Balaban J connectivity index is 1.36. The van der Waals surface area contributed by atoms with E-state index in [4.69, 9.17) is 0 Å². The number of rotatable bonds is 3. The third-order valence-corrected chi connectivity index (χ3v) is 9.03. The predicted molar refractivity (Wildman–Crippen MR) is 143 cm³/mol. The van der Waals surface area contributed by atoms with Gasteiger partial charge in [0.2, 0.25) is 23.6 Å². The number of anilines is 2. The number of amides is 4. The Morgan fingerprint density at radius 3 is 1.85 bits per heavy atom. The van der Waals surface area contributed by atoms with Gasteiger partial charge >= 0.3 is 0 Å². The number of aromatic hydroxyl groups is 1. The third kappa shape index (κ3) is 3.35. The molecular formula is C32H25FN2O5. The Labute approximate surface area is 229 Å². The minimum Gasteiger partial charge on any atom is -0.505 e. The average Bonchev–Trinajstić information content (AvgIpc) is 3.38. The molecule has 3 fully saturated rings. The highest BCUT2D eigenvalue weighted by Crippen LogP contribution is 2.59. The van der Waals surface area contributed by atoms with Crippen LogP contribution in [0.5, 0.6) is 5.75 Å². The molecule has 7 nitrogen and oxygen atoms in total. The molecule has 8 heteroatoms. The molecule has 0 aromatic heterocycles. The zero-order chi connectivity index (χ0) is 27.7. The van der Waals surface area contributed by atoms with Crippen LogP contribution in [0.2, 0.25) is 0 Å². The lowest BCUT2D eigenvalue weighted by molar-refractivity contribution is -0.126. The summed E-state index contributed by atoms with van der Waals surface area (Å²) in [7, 11) is 0. The number of allylic oxidation sites excluding steroid dienone is 2. The first-order valence-corrected chi connectivity index (χ1v) is 13.4. The fourth-order valence-corrected chi connectivity index (χ4v) is 7.38. The summed E-state index contributed by atoms with van der Waals surface area (Å²) in [5.74, 6) is -7.18. The first kappa shape index (κ1) is 24.5. The van der Waals surface area contributed by atoms with Crippen molar-refractivity contribution in [3.05, 3.63) is 102 Å². The molecule has 0 unspecified atom stereocenters. The second-order valence-corrected chi connectivity index (χ2v) is 10.9. The summed E-state index contributed by atoms with van der Waals surface area (Å²) in [5.41, 5.74) is 1.84. The Bertz CT molecular complexity index is 1600. The summed E-state index contributed by atoms with van der Waals surface area (Å²) in [6, 6.07) is 21.5. The lowest BCUT2D eigenvalue weighted by Gasteiger charge is -2.44. The molecule has 200 valence electrons. The number of imide groups is 2. The SMILES string of the molecule is O=C1[C@H]2[C@H](CC=C3[C@H]2C[C@H]2C(=O)N(c4ccccc4)C(=O)[C@H]2[C@H]3c2cccc(F)c2O)C(=O)N1c1ccccc1. The van der Waals surface area contributed by atoms with E-state index in [2.05, 4.69) is 0 Å². The zero-order valence-electron chi connectivity index (χ0n) is 21.3. The third-order valence-electron chi connectivity index (χ3n) is 9.03. The molecule has 7 rings (SSSR count). The van der Waals surface area contributed by atoms with Crippen molar-refractivity contribution in [3.8, 4) is 5.75 Å². The van der Waals surface area contributed by atoms with Gasteiger partial charge in [0.1, 0.15) is 0 Å². The van der Waals surface area contributed by atoms with Crippen LogP contribution in [-0.2, 0) is 19.2 Å². The molecule has 0 radical (unpaired) electrons. The highest BCUT2D eigenvalue weighted by Gasteiger charge is 2.62. The molecule has 40 heavy (non-hydrogen) atoms. The van der Waals surface area contributed by atoms with Crippen molar-refractivity contribution in [2.45, 2.75) is 18.8 Å². The zero-order valence-corrected chi connectivity index (χ0v) is 21.3. The molecule has 3 aromatic carbocycles. The molecule has 2 saturated heterocycles. The average molecular weight is 537 g/mol. The fourth-order valence-electron chi connectivity index (χ4n) is 7.38. The quantitative estimate of drug-likeness (QED) is 0.391. The second-order valence-electron chi connectivity index (χ2n) is 10.9. The molecule has 3 aromatic rings. The number of nitrogens with zero attached hydrogens (tertiary/aromatic N) is 2. The van der Waals surface area contributed by atoms with Gasteiger partial charge in [-0.1, -0.05) is 60.2 Å². The molecule has 1 N–H and O–H groups in total. The Morgan fingerprint density at radius 2 is 1.23 bits per heavy atom. The minimum atomic E-state index is -0.878. The number of hydrogen-bond donors (Lipinski definition) is 1. The van der Waals surface area contributed by atoms with Gasteiger partial charge in [-0.05, 0) is 49.1 Å². The van der Waals surface area contributed by atoms with E-state index in [1.54, 1.807) is 66.7 Å². The van der Waals surface area contributed by atoms with Gasteiger partial charge in [-0.2, -0.15) is 0 Å². The van der Waals surface area contributed by atoms with E-state index in [1.807, 2.05) is 6.08 Å². The summed E-state index contributed by atoms with van der Waals surface area (Å²) in [5, 5.41) is 10.8. The van der Waals surface area contributed by atoms with Gasteiger partial charge in [0.25, 0.3) is 0 Å². The maximum Gasteiger partial charge on any atom is 0.238 e. The van der Waals surface area contributed by atoms with Crippen molar-refractivity contribution < 1.29 is 28.7 Å². The first-order valence-electron chi connectivity index (χ1n) is 13.4. The van der Waals surface area contributed by atoms with E-state index in [9.17, 15) is 28.7 Å². The highest BCUT2D eigenvalue weighted by atomic mass is 19.1. The molecule has 1 saturated carbocycles. The van der Waals surface area contributed by atoms with Crippen LogP contribution in [0.3, 0.4) is 0 Å². The summed E-state index contributed by atoms with van der Waals surface area (Å²) in [6.45, 7) is 0. The van der Waals surface area contributed by atoms with Crippen molar-refractivity contribution >= 4 is 35.0 Å². The molecular weight excluding hydrogens is 511 g/mol. The minimum absolute atomic E-state index is 0.206.